The normalized spacial score (nSPS) is 10.3. The summed E-state index contributed by atoms with van der Waals surface area (Å²) in [5, 5.41) is 17.4. The lowest BCUT2D eigenvalue weighted by Gasteiger charge is -2.06. The van der Waals surface area contributed by atoms with E-state index in [9.17, 15) is 14.9 Å². The molecular formula is C13H14N4O3. The maximum Gasteiger partial charge on any atom is 0.276 e. The van der Waals surface area contributed by atoms with Gasteiger partial charge in [0.2, 0.25) is 0 Å². The summed E-state index contributed by atoms with van der Waals surface area (Å²) in [5.74, 6) is -0.342. The smallest absolute Gasteiger partial charge is 0.276 e. The summed E-state index contributed by atoms with van der Waals surface area (Å²) in [6, 6.07) is 5.96. The van der Waals surface area contributed by atoms with E-state index in [1.165, 1.54) is 18.2 Å². The third-order valence-electron chi connectivity index (χ3n) is 3.02. The topological polar surface area (TPSA) is 90.1 Å². The minimum atomic E-state index is -0.472. The summed E-state index contributed by atoms with van der Waals surface area (Å²) >= 11 is 0. The molecule has 20 heavy (non-hydrogen) atoms. The quantitative estimate of drug-likeness (QED) is 0.686. The number of non-ortho nitro benzene ring substituents is 1. The number of rotatable bonds is 3. The van der Waals surface area contributed by atoms with Crippen LogP contribution in [0.1, 0.15) is 21.7 Å². The molecule has 0 aliphatic heterocycles. The Balaban J connectivity index is 2.21. The molecule has 0 saturated carbocycles. The van der Waals surface area contributed by atoms with E-state index in [0.717, 1.165) is 5.69 Å². The van der Waals surface area contributed by atoms with E-state index in [1.807, 2.05) is 6.92 Å². The molecule has 0 aliphatic rings. The highest BCUT2D eigenvalue weighted by atomic mass is 16.6. The van der Waals surface area contributed by atoms with Gasteiger partial charge < -0.3 is 5.32 Å². The van der Waals surface area contributed by atoms with Gasteiger partial charge in [-0.25, -0.2) is 0 Å². The lowest BCUT2D eigenvalue weighted by atomic mass is 10.1. The summed E-state index contributed by atoms with van der Waals surface area (Å²) in [6.45, 7) is 3.55. The Kier molecular flexibility index (Phi) is 3.51. The van der Waals surface area contributed by atoms with Crippen LogP contribution >= 0.6 is 0 Å². The third-order valence-corrected chi connectivity index (χ3v) is 3.02. The zero-order chi connectivity index (χ0) is 14.9. The number of hydrogen-bond acceptors (Lipinski definition) is 4. The van der Waals surface area contributed by atoms with Crippen molar-refractivity contribution in [2.45, 2.75) is 13.8 Å². The molecule has 0 spiro atoms. The molecule has 1 aromatic carbocycles. The van der Waals surface area contributed by atoms with Gasteiger partial charge in [-0.3, -0.25) is 19.6 Å². The Labute approximate surface area is 115 Å². The molecule has 0 fully saturated rings. The lowest BCUT2D eigenvalue weighted by Crippen LogP contribution is -2.13. The van der Waals surface area contributed by atoms with Gasteiger partial charge in [0.05, 0.1) is 4.92 Å². The molecule has 7 nitrogen and oxygen atoms in total. The highest BCUT2D eigenvalue weighted by molar-refractivity contribution is 6.03. The number of anilines is 1. The molecule has 2 rings (SSSR count). The van der Waals surface area contributed by atoms with Crippen molar-refractivity contribution in [3.63, 3.8) is 0 Å². The number of carbonyl (C=O) groups is 1. The first-order valence-corrected chi connectivity index (χ1v) is 5.95. The first kappa shape index (κ1) is 13.7. The highest BCUT2D eigenvalue weighted by Gasteiger charge is 2.14. The predicted octanol–water partition coefficient (Wildman–Crippen LogP) is 2.20. The Morgan fingerprint density at radius 3 is 2.55 bits per heavy atom. The number of carbonyl (C=O) groups excluding carboxylic acids is 1. The van der Waals surface area contributed by atoms with Gasteiger partial charge in [-0.05, 0) is 31.5 Å². The van der Waals surface area contributed by atoms with Gasteiger partial charge >= 0.3 is 0 Å². The van der Waals surface area contributed by atoms with Crippen molar-refractivity contribution in [1.82, 2.24) is 9.78 Å². The standard InChI is InChI=1S/C13H14N4O3/c1-8-6-10(17(19)20)4-5-11(8)14-13(18)12-7-9(2)16(3)15-12/h4-7H,1-3H3,(H,14,18). The number of hydrogen-bond donors (Lipinski definition) is 1. The van der Waals surface area contributed by atoms with E-state index in [4.69, 9.17) is 0 Å². The van der Waals surface area contributed by atoms with Gasteiger partial charge in [0.1, 0.15) is 0 Å². The average molecular weight is 274 g/mol. The van der Waals surface area contributed by atoms with Crippen LogP contribution in [0.2, 0.25) is 0 Å². The number of nitrogens with zero attached hydrogens (tertiary/aromatic N) is 3. The maximum absolute atomic E-state index is 12.0. The molecule has 2 aromatic rings. The first-order valence-electron chi connectivity index (χ1n) is 5.95. The van der Waals surface area contributed by atoms with E-state index < -0.39 is 4.92 Å². The zero-order valence-electron chi connectivity index (χ0n) is 11.4. The second-order valence-corrected chi connectivity index (χ2v) is 4.51. The van der Waals surface area contributed by atoms with Crippen molar-refractivity contribution in [2.75, 3.05) is 5.32 Å². The first-order chi connectivity index (χ1) is 9.38. The molecule has 0 aliphatic carbocycles. The van der Waals surface area contributed by atoms with Crippen molar-refractivity contribution in [3.05, 3.63) is 51.3 Å². The number of nitro benzene ring substituents is 1. The number of amides is 1. The molecule has 104 valence electrons. The van der Waals surface area contributed by atoms with E-state index in [1.54, 1.807) is 24.7 Å². The van der Waals surface area contributed by atoms with E-state index in [2.05, 4.69) is 10.4 Å². The Morgan fingerprint density at radius 2 is 2.05 bits per heavy atom. The minimum absolute atomic E-state index is 0.00539. The van der Waals surface area contributed by atoms with Crippen LogP contribution in [0.5, 0.6) is 0 Å². The van der Waals surface area contributed by atoms with E-state index in [-0.39, 0.29) is 11.6 Å². The lowest BCUT2D eigenvalue weighted by molar-refractivity contribution is -0.384. The average Bonchev–Trinajstić information content (AvgIpc) is 2.72. The number of aryl methyl sites for hydroxylation is 3. The van der Waals surface area contributed by atoms with Gasteiger partial charge in [0.15, 0.2) is 5.69 Å². The SMILES string of the molecule is Cc1cc([N+](=O)[O-])ccc1NC(=O)c1cc(C)n(C)n1. The predicted molar refractivity (Wildman–Crippen MR) is 73.7 cm³/mol. The fraction of sp³-hybridized carbons (Fsp3) is 0.231. The highest BCUT2D eigenvalue weighted by Crippen LogP contribution is 2.21. The van der Waals surface area contributed by atoms with Crippen molar-refractivity contribution >= 4 is 17.3 Å². The largest absolute Gasteiger partial charge is 0.320 e. The van der Waals surface area contributed by atoms with Crippen LogP contribution in [0.3, 0.4) is 0 Å². The third kappa shape index (κ3) is 2.66. The summed E-state index contributed by atoms with van der Waals surface area (Å²) in [5.41, 5.74) is 2.33. The Bertz CT molecular complexity index is 671. The molecule has 0 atom stereocenters. The monoisotopic (exact) mass is 274 g/mol. The van der Waals surface area contributed by atoms with Crippen molar-refractivity contribution in [1.29, 1.82) is 0 Å². The van der Waals surface area contributed by atoms with Gasteiger partial charge in [-0.15, -0.1) is 0 Å². The zero-order valence-corrected chi connectivity index (χ0v) is 11.4. The van der Waals surface area contributed by atoms with Crippen molar-refractivity contribution in [2.24, 2.45) is 7.05 Å². The molecule has 1 aromatic heterocycles. The fourth-order valence-corrected chi connectivity index (χ4v) is 1.76. The van der Waals surface area contributed by atoms with Crippen molar-refractivity contribution in [3.8, 4) is 0 Å². The second-order valence-electron chi connectivity index (χ2n) is 4.51. The van der Waals surface area contributed by atoms with E-state index >= 15 is 0 Å². The van der Waals surface area contributed by atoms with Crippen molar-refractivity contribution < 1.29 is 9.72 Å². The van der Waals surface area contributed by atoms with Gasteiger partial charge in [0, 0.05) is 30.6 Å². The van der Waals surface area contributed by atoms with Crippen LogP contribution in [0, 0.1) is 24.0 Å². The van der Waals surface area contributed by atoms with Gasteiger partial charge in [0.25, 0.3) is 11.6 Å². The summed E-state index contributed by atoms with van der Waals surface area (Å²) in [4.78, 5) is 22.2. The maximum atomic E-state index is 12.0. The molecule has 1 amide bonds. The molecule has 1 N–H and O–H groups in total. The summed E-state index contributed by atoms with van der Waals surface area (Å²) < 4.78 is 1.61. The molecule has 0 unspecified atom stereocenters. The van der Waals surface area contributed by atoms with Crippen LogP contribution in [-0.4, -0.2) is 20.6 Å². The number of benzene rings is 1. The van der Waals surface area contributed by atoms with Crippen LogP contribution in [-0.2, 0) is 7.05 Å². The van der Waals surface area contributed by atoms with Gasteiger partial charge in [-0.2, -0.15) is 5.10 Å². The van der Waals surface area contributed by atoms with Crippen LogP contribution in [0.25, 0.3) is 0 Å². The second kappa shape index (κ2) is 5.12. The Morgan fingerprint density at radius 1 is 1.35 bits per heavy atom. The molecule has 0 radical (unpaired) electrons. The van der Waals surface area contributed by atoms with Crippen LogP contribution < -0.4 is 5.32 Å². The minimum Gasteiger partial charge on any atom is -0.320 e. The van der Waals surface area contributed by atoms with Gasteiger partial charge in [-0.1, -0.05) is 0 Å². The molecule has 1 heterocycles. The molecule has 0 saturated heterocycles. The molecule has 7 heteroatoms. The van der Waals surface area contributed by atoms with E-state index in [0.29, 0.717) is 16.9 Å². The molecular weight excluding hydrogens is 260 g/mol. The van der Waals surface area contributed by atoms with Crippen LogP contribution in [0.4, 0.5) is 11.4 Å². The van der Waals surface area contributed by atoms with Crippen LogP contribution in [0.15, 0.2) is 24.3 Å². The number of nitrogens with one attached hydrogen (secondary N) is 1. The molecule has 0 bridgehead atoms. The Hall–Kier alpha value is -2.70. The number of nitro groups is 1. The summed E-state index contributed by atoms with van der Waals surface area (Å²) in [7, 11) is 1.75. The number of aromatic nitrogens is 2. The summed E-state index contributed by atoms with van der Waals surface area (Å²) in [6.07, 6.45) is 0. The fourth-order valence-electron chi connectivity index (χ4n) is 1.76.